The van der Waals surface area contributed by atoms with Crippen molar-refractivity contribution < 1.29 is 33.0 Å². The maximum absolute atomic E-state index is 12.0. The molecule has 0 saturated heterocycles. The Hall–Kier alpha value is -1.82. The summed E-state index contributed by atoms with van der Waals surface area (Å²) in [6, 6.07) is 8.92. The van der Waals surface area contributed by atoms with Crippen molar-refractivity contribution in [1.82, 2.24) is 0 Å². The van der Waals surface area contributed by atoms with Gasteiger partial charge in [0.15, 0.2) is 0 Å². The fourth-order valence-corrected chi connectivity index (χ4v) is 2.57. The summed E-state index contributed by atoms with van der Waals surface area (Å²) in [4.78, 5) is 10.8. The van der Waals surface area contributed by atoms with E-state index >= 15 is 0 Å². The molecule has 5 nitrogen and oxygen atoms in total. The number of halogens is 2. The third-order valence-electron chi connectivity index (χ3n) is 2.74. The van der Waals surface area contributed by atoms with Crippen LogP contribution in [0.1, 0.15) is 15.9 Å². The highest BCUT2D eigenvalue weighted by Crippen LogP contribution is 2.52. The number of rotatable bonds is 5. The van der Waals surface area contributed by atoms with Crippen LogP contribution in [0.2, 0.25) is 0 Å². The van der Waals surface area contributed by atoms with Gasteiger partial charge in [0.2, 0.25) is 0 Å². The lowest BCUT2D eigenvalue weighted by Crippen LogP contribution is -1.95. The molecule has 0 aliphatic carbocycles. The standard InChI is InChI=1S/C12H9F2O5P/c13-18-20(17,19-14)7-8-1-2-10-6-11(12(15)16)4-3-9(10)5-8/h1-6H,7H2,(H,15,16). The Labute approximate surface area is 112 Å². The van der Waals surface area contributed by atoms with Crippen LogP contribution in [-0.2, 0) is 20.2 Å². The van der Waals surface area contributed by atoms with Crippen LogP contribution in [0.15, 0.2) is 36.4 Å². The van der Waals surface area contributed by atoms with Crippen molar-refractivity contribution in [3.05, 3.63) is 47.5 Å². The number of hydrogen-bond acceptors (Lipinski definition) is 4. The van der Waals surface area contributed by atoms with Crippen LogP contribution in [0.3, 0.4) is 0 Å². The van der Waals surface area contributed by atoms with E-state index < -0.39 is 19.7 Å². The largest absolute Gasteiger partial charge is 0.478 e. The van der Waals surface area contributed by atoms with E-state index in [9.17, 15) is 18.4 Å². The Morgan fingerprint density at radius 3 is 2.30 bits per heavy atom. The fourth-order valence-electron chi connectivity index (χ4n) is 1.81. The molecule has 0 bridgehead atoms. The second kappa shape index (κ2) is 5.66. The maximum atomic E-state index is 12.0. The molecule has 0 aliphatic heterocycles. The summed E-state index contributed by atoms with van der Waals surface area (Å²) in [5.41, 5.74) is 0.453. The molecule has 2 aromatic rings. The van der Waals surface area contributed by atoms with E-state index in [0.29, 0.717) is 16.3 Å². The number of benzene rings is 2. The summed E-state index contributed by atoms with van der Waals surface area (Å²) in [6.07, 6.45) is -0.573. The molecule has 2 rings (SSSR count). The molecular weight excluding hydrogens is 293 g/mol. The van der Waals surface area contributed by atoms with Gasteiger partial charge in [-0.1, -0.05) is 24.3 Å². The van der Waals surface area contributed by atoms with Crippen LogP contribution < -0.4 is 0 Å². The zero-order chi connectivity index (χ0) is 14.8. The van der Waals surface area contributed by atoms with Gasteiger partial charge in [-0.25, -0.2) is 4.79 Å². The third-order valence-corrected chi connectivity index (χ3v) is 3.91. The zero-order valence-corrected chi connectivity index (χ0v) is 10.8. The van der Waals surface area contributed by atoms with Crippen LogP contribution in [0.5, 0.6) is 0 Å². The SMILES string of the molecule is O=C(O)c1ccc2cc(CP(=O)(OF)OF)ccc2c1. The van der Waals surface area contributed by atoms with E-state index in [2.05, 4.69) is 9.46 Å². The fraction of sp³-hybridized carbons (Fsp3) is 0.0833. The number of fused-ring (bicyclic) bond motifs is 1. The summed E-state index contributed by atoms with van der Waals surface area (Å²) >= 11 is 0. The van der Waals surface area contributed by atoms with Crippen molar-refractivity contribution in [2.24, 2.45) is 0 Å². The topological polar surface area (TPSA) is 72.8 Å². The second-order valence-electron chi connectivity index (χ2n) is 4.11. The first kappa shape index (κ1) is 14.6. The average molecular weight is 302 g/mol. The molecule has 2 aromatic carbocycles. The Morgan fingerprint density at radius 1 is 1.10 bits per heavy atom. The van der Waals surface area contributed by atoms with Crippen molar-refractivity contribution in [2.45, 2.75) is 6.16 Å². The molecule has 106 valence electrons. The summed E-state index contributed by atoms with van der Waals surface area (Å²) in [5, 5.41) is 10.1. The first-order valence-electron chi connectivity index (χ1n) is 5.43. The Balaban J connectivity index is 2.37. The van der Waals surface area contributed by atoms with E-state index in [1.165, 1.54) is 24.3 Å². The Morgan fingerprint density at radius 2 is 1.70 bits per heavy atom. The second-order valence-corrected chi connectivity index (χ2v) is 5.92. The minimum absolute atomic E-state index is 0.120. The molecule has 0 aromatic heterocycles. The molecule has 1 N–H and O–H groups in total. The Bertz CT molecular complexity index is 695. The van der Waals surface area contributed by atoms with Gasteiger partial charge in [0.05, 0.1) is 11.7 Å². The molecule has 0 aliphatic rings. The first-order valence-corrected chi connectivity index (χ1v) is 7.16. The monoisotopic (exact) mass is 302 g/mol. The van der Waals surface area contributed by atoms with Gasteiger partial charge in [-0.3, -0.25) is 4.57 Å². The number of carbonyl (C=O) groups is 1. The molecule has 0 spiro atoms. The van der Waals surface area contributed by atoms with E-state index in [1.807, 2.05) is 0 Å². The minimum Gasteiger partial charge on any atom is -0.478 e. The first-order chi connectivity index (χ1) is 9.47. The molecule has 8 heteroatoms. The van der Waals surface area contributed by atoms with Gasteiger partial charge in [-0.15, -0.1) is 9.46 Å². The number of carboxylic acids is 1. The van der Waals surface area contributed by atoms with Gasteiger partial charge in [0.1, 0.15) is 0 Å². The maximum Gasteiger partial charge on any atom is 0.399 e. The van der Waals surface area contributed by atoms with Gasteiger partial charge in [0, 0.05) is 0 Å². The van der Waals surface area contributed by atoms with Crippen LogP contribution in [0.4, 0.5) is 9.05 Å². The summed E-state index contributed by atoms with van der Waals surface area (Å²) in [5.74, 6) is -1.06. The number of hydrogen-bond donors (Lipinski definition) is 1. The lowest BCUT2D eigenvalue weighted by atomic mass is 10.0. The lowest BCUT2D eigenvalue weighted by molar-refractivity contribution is -0.0881. The molecule has 0 radical (unpaired) electrons. The molecule has 0 unspecified atom stereocenters. The molecule has 0 heterocycles. The van der Waals surface area contributed by atoms with Crippen LogP contribution >= 0.6 is 7.60 Å². The predicted molar refractivity (Wildman–Crippen MR) is 66.6 cm³/mol. The zero-order valence-electron chi connectivity index (χ0n) is 9.95. The molecule has 20 heavy (non-hydrogen) atoms. The highest BCUT2D eigenvalue weighted by atomic mass is 31.2. The van der Waals surface area contributed by atoms with E-state index in [1.54, 1.807) is 12.1 Å². The van der Waals surface area contributed by atoms with Gasteiger partial charge in [-0.05, 0) is 37.5 Å². The van der Waals surface area contributed by atoms with Gasteiger partial charge < -0.3 is 5.11 Å². The van der Waals surface area contributed by atoms with Crippen molar-refractivity contribution in [3.8, 4) is 0 Å². The average Bonchev–Trinajstić information content (AvgIpc) is 2.46. The van der Waals surface area contributed by atoms with Crippen molar-refractivity contribution in [1.29, 1.82) is 0 Å². The Kier molecular flexibility index (Phi) is 4.13. The smallest absolute Gasteiger partial charge is 0.399 e. The van der Waals surface area contributed by atoms with E-state index in [-0.39, 0.29) is 5.56 Å². The van der Waals surface area contributed by atoms with Crippen LogP contribution in [0.25, 0.3) is 10.8 Å². The van der Waals surface area contributed by atoms with Crippen LogP contribution in [0, 0.1) is 0 Å². The molecule has 0 saturated carbocycles. The quantitative estimate of drug-likeness (QED) is 0.844. The highest BCUT2D eigenvalue weighted by molar-refractivity contribution is 7.52. The lowest BCUT2D eigenvalue weighted by Gasteiger charge is -2.08. The number of aromatic carboxylic acids is 1. The highest BCUT2D eigenvalue weighted by Gasteiger charge is 2.28. The molecule has 0 atom stereocenters. The summed E-state index contributed by atoms with van der Waals surface area (Å²) < 4.78 is 41.4. The normalized spacial score (nSPS) is 11.7. The van der Waals surface area contributed by atoms with Gasteiger partial charge in [0.25, 0.3) is 0 Å². The summed E-state index contributed by atoms with van der Waals surface area (Å²) in [7, 11) is -4.43. The minimum atomic E-state index is -4.43. The summed E-state index contributed by atoms with van der Waals surface area (Å²) in [6.45, 7) is 0. The number of carboxylic acid groups (broad SMARTS) is 1. The predicted octanol–water partition coefficient (Wildman–Crippen LogP) is 4.03. The van der Waals surface area contributed by atoms with Crippen molar-refractivity contribution in [3.63, 3.8) is 0 Å². The van der Waals surface area contributed by atoms with E-state index in [4.69, 9.17) is 5.11 Å². The van der Waals surface area contributed by atoms with Gasteiger partial charge in [-0.2, -0.15) is 0 Å². The molecule has 0 fully saturated rings. The molecular formula is C12H9F2O5P. The van der Waals surface area contributed by atoms with Crippen LogP contribution in [-0.4, -0.2) is 11.1 Å². The van der Waals surface area contributed by atoms with Gasteiger partial charge >= 0.3 is 13.6 Å². The van der Waals surface area contributed by atoms with Crippen molar-refractivity contribution >= 4 is 24.3 Å². The third kappa shape index (κ3) is 3.01. The van der Waals surface area contributed by atoms with E-state index in [0.717, 1.165) is 0 Å². The molecule has 0 amide bonds. The van der Waals surface area contributed by atoms with Crippen molar-refractivity contribution in [2.75, 3.05) is 0 Å².